The van der Waals surface area contributed by atoms with Gasteiger partial charge in [-0.15, -0.1) is 0 Å². The van der Waals surface area contributed by atoms with Gasteiger partial charge >= 0.3 is 6.03 Å². The van der Waals surface area contributed by atoms with Crippen LogP contribution in [0.4, 0.5) is 9.18 Å². The first-order chi connectivity index (χ1) is 10.6. The van der Waals surface area contributed by atoms with Gasteiger partial charge in [-0.3, -0.25) is 0 Å². The number of likely N-dealkylation sites (tertiary alicyclic amines) is 1. The van der Waals surface area contributed by atoms with Crippen molar-refractivity contribution < 1.29 is 18.7 Å². The van der Waals surface area contributed by atoms with Crippen molar-refractivity contribution in [3.8, 4) is 0 Å². The SMILES string of the molecule is O=C(NCc1ccc(F)c(Cl)c1)N1CCC2(CC1)OCCO2. The molecule has 7 heteroatoms. The standard InChI is InChI=1S/C15H18ClFN2O3/c16-12-9-11(1-2-13(12)17)10-18-14(20)19-5-3-15(4-6-19)21-7-8-22-15/h1-2,9H,3-8,10H2,(H,18,20). The van der Waals surface area contributed by atoms with E-state index in [0.717, 1.165) is 5.56 Å². The third-order valence-corrected chi connectivity index (χ3v) is 4.34. The quantitative estimate of drug-likeness (QED) is 0.907. The molecule has 1 N–H and O–H groups in total. The van der Waals surface area contributed by atoms with Gasteiger partial charge in [0.1, 0.15) is 5.82 Å². The summed E-state index contributed by atoms with van der Waals surface area (Å²) in [7, 11) is 0. The molecule has 0 aliphatic carbocycles. The number of carbonyl (C=O) groups is 1. The van der Waals surface area contributed by atoms with E-state index in [1.165, 1.54) is 12.1 Å². The van der Waals surface area contributed by atoms with Crippen molar-refractivity contribution in [2.45, 2.75) is 25.2 Å². The zero-order chi connectivity index (χ0) is 15.6. The second-order valence-electron chi connectivity index (χ2n) is 5.50. The molecule has 0 aromatic heterocycles. The number of hydrogen-bond donors (Lipinski definition) is 1. The monoisotopic (exact) mass is 328 g/mol. The zero-order valence-electron chi connectivity index (χ0n) is 12.1. The van der Waals surface area contributed by atoms with Gasteiger partial charge < -0.3 is 19.7 Å². The number of halogens is 2. The molecule has 1 spiro atoms. The van der Waals surface area contributed by atoms with Crippen LogP contribution in [0.25, 0.3) is 0 Å². The summed E-state index contributed by atoms with van der Waals surface area (Å²) in [5, 5.41) is 2.88. The maximum Gasteiger partial charge on any atom is 0.317 e. The summed E-state index contributed by atoms with van der Waals surface area (Å²) < 4.78 is 24.3. The normalized spacial score (nSPS) is 20.4. The lowest BCUT2D eigenvalue weighted by atomic mass is 10.0. The van der Waals surface area contributed by atoms with Crippen molar-refractivity contribution in [2.75, 3.05) is 26.3 Å². The molecule has 0 atom stereocenters. The Bertz CT molecular complexity index is 554. The second-order valence-corrected chi connectivity index (χ2v) is 5.91. The summed E-state index contributed by atoms with van der Waals surface area (Å²) in [6, 6.07) is 4.27. The van der Waals surface area contributed by atoms with E-state index in [2.05, 4.69) is 5.32 Å². The lowest BCUT2D eigenvalue weighted by Crippen LogP contribution is -2.50. The fraction of sp³-hybridized carbons (Fsp3) is 0.533. The average molecular weight is 329 g/mol. The van der Waals surface area contributed by atoms with Gasteiger partial charge in [0.25, 0.3) is 0 Å². The Labute approximate surface area is 133 Å². The van der Waals surface area contributed by atoms with Crippen LogP contribution in [0.3, 0.4) is 0 Å². The Morgan fingerprint density at radius 3 is 2.64 bits per heavy atom. The van der Waals surface area contributed by atoms with E-state index in [1.54, 1.807) is 11.0 Å². The number of carbonyl (C=O) groups excluding carboxylic acids is 1. The lowest BCUT2D eigenvalue weighted by Gasteiger charge is -2.37. The Balaban J connectivity index is 1.49. The van der Waals surface area contributed by atoms with E-state index in [1.807, 2.05) is 0 Å². The van der Waals surface area contributed by atoms with Crippen LogP contribution in [0.5, 0.6) is 0 Å². The van der Waals surface area contributed by atoms with Crippen molar-refractivity contribution in [1.29, 1.82) is 0 Å². The zero-order valence-corrected chi connectivity index (χ0v) is 12.9. The molecule has 0 unspecified atom stereocenters. The highest BCUT2D eigenvalue weighted by atomic mass is 35.5. The first kappa shape index (κ1) is 15.5. The molecule has 120 valence electrons. The molecule has 2 saturated heterocycles. The lowest BCUT2D eigenvalue weighted by molar-refractivity contribution is -0.181. The molecule has 1 aromatic carbocycles. The number of nitrogens with one attached hydrogen (secondary N) is 1. The molecular weight excluding hydrogens is 311 g/mol. The molecule has 0 saturated carbocycles. The van der Waals surface area contributed by atoms with Crippen LogP contribution in [0.1, 0.15) is 18.4 Å². The molecule has 22 heavy (non-hydrogen) atoms. The van der Waals surface area contributed by atoms with Gasteiger partial charge in [-0.1, -0.05) is 17.7 Å². The first-order valence-electron chi connectivity index (χ1n) is 7.33. The van der Waals surface area contributed by atoms with E-state index in [-0.39, 0.29) is 11.1 Å². The summed E-state index contributed by atoms with van der Waals surface area (Å²) in [5.41, 5.74) is 0.760. The van der Waals surface area contributed by atoms with Crippen LogP contribution in [0.2, 0.25) is 5.02 Å². The van der Waals surface area contributed by atoms with Crippen LogP contribution in [-0.2, 0) is 16.0 Å². The minimum absolute atomic E-state index is 0.0576. The highest BCUT2D eigenvalue weighted by Crippen LogP contribution is 2.31. The number of hydrogen-bond acceptors (Lipinski definition) is 3. The van der Waals surface area contributed by atoms with E-state index in [9.17, 15) is 9.18 Å². The number of ether oxygens (including phenoxy) is 2. The maximum absolute atomic E-state index is 13.1. The molecule has 1 aromatic rings. The molecule has 3 rings (SSSR count). The van der Waals surface area contributed by atoms with Crippen molar-refractivity contribution in [3.05, 3.63) is 34.6 Å². The number of urea groups is 1. The van der Waals surface area contributed by atoms with E-state index < -0.39 is 11.6 Å². The fourth-order valence-electron chi connectivity index (χ4n) is 2.78. The molecule has 5 nitrogen and oxygen atoms in total. The molecule has 2 aliphatic heterocycles. The topological polar surface area (TPSA) is 50.8 Å². The number of benzene rings is 1. The van der Waals surface area contributed by atoms with Gasteiger partial charge in [0, 0.05) is 32.5 Å². The Hall–Kier alpha value is -1.37. The van der Waals surface area contributed by atoms with E-state index in [4.69, 9.17) is 21.1 Å². The second kappa shape index (κ2) is 6.40. The summed E-state index contributed by atoms with van der Waals surface area (Å²) in [4.78, 5) is 13.9. The summed E-state index contributed by atoms with van der Waals surface area (Å²) in [6.45, 7) is 2.74. The fourth-order valence-corrected chi connectivity index (χ4v) is 2.98. The third-order valence-electron chi connectivity index (χ3n) is 4.05. The van der Waals surface area contributed by atoms with E-state index in [0.29, 0.717) is 45.7 Å². The highest BCUT2D eigenvalue weighted by molar-refractivity contribution is 6.30. The minimum Gasteiger partial charge on any atom is -0.347 e. The van der Waals surface area contributed by atoms with Crippen LogP contribution < -0.4 is 5.32 Å². The molecule has 2 heterocycles. The predicted octanol–water partition coefficient (Wildman–Crippen LogP) is 2.53. The Morgan fingerprint density at radius 2 is 2.00 bits per heavy atom. The van der Waals surface area contributed by atoms with Crippen LogP contribution in [0, 0.1) is 5.82 Å². The van der Waals surface area contributed by atoms with Gasteiger partial charge in [0.05, 0.1) is 18.2 Å². The van der Waals surface area contributed by atoms with Crippen LogP contribution in [-0.4, -0.2) is 43.0 Å². The Morgan fingerprint density at radius 1 is 1.32 bits per heavy atom. The third kappa shape index (κ3) is 3.34. The van der Waals surface area contributed by atoms with Crippen molar-refractivity contribution >= 4 is 17.6 Å². The van der Waals surface area contributed by atoms with Gasteiger partial charge in [0.15, 0.2) is 5.79 Å². The van der Waals surface area contributed by atoms with Gasteiger partial charge in [-0.05, 0) is 17.7 Å². The molecule has 0 bridgehead atoms. The smallest absolute Gasteiger partial charge is 0.317 e. The van der Waals surface area contributed by atoms with Crippen LogP contribution >= 0.6 is 11.6 Å². The Kier molecular flexibility index (Phi) is 4.52. The summed E-state index contributed by atoms with van der Waals surface area (Å²) >= 11 is 5.72. The van der Waals surface area contributed by atoms with Gasteiger partial charge in [0.2, 0.25) is 0 Å². The molecule has 2 amide bonds. The highest BCUT2D eigenvalue weighted by Gasteiger charge is 2.40. The summed E-state index contributed by atoms with van der Waals surface area (Å²) in [6.07, 6.45) is 1.37. The number of nitrogens with zero attached hydrogens (tertiary/aromatic N) is 1. The predicted molar refractivity (Wildman–Crippen MR) is 79.1 cm³/mol. The van der Waals surface area contributed by atoms with Crippen LogP contribution in [0.15, 0.2) is 18.2 Å². The van der Waals surface area contributed by atoms with Crippen molar-refractivity contribution in [1.82, 2.24) is 10.2 Å². The van der Waals surface area contributed by atoms with Crippen molar-refractivity contribution in [3.63, 3.8) is 0 Å². The van der Waals surface area contributed by atoms with E-state index >= 15 is 0 Å². The minimum atomic E-state index is -0.485. The number of amides is 2. The maximum atomic E-state index is 13.1. The largest absolute Gasteiger partial charge is 0.347 e. The average Bonchev–Trinajstić information content (AvgIpc) is 2.97. The summed E-state index contributed by atoms with van der Waals surface area (Å²) in [5.74, 6) is -0.948. The van der Waals surface area contributed by atoms with Gasteiger partial charge in [-0.25, -0.2) is 9.18 Å². The number of piperidine rings is 1. The molecule has 2 aliphatic rings. The molecule has 0 radical (unpaired) electrons. The number of rotatable bonds is 2. The van der Waals surface area contributed by atoms with Crippen molar-refractivity contribution in [2.24, 2.45) is 0 Å². The van der Waals surface area contributed by atoms with Gasteiger partial charge in [-0.2, -0.15) is 0 Å². The first-order valence-corrected chi connectivity index (χ1v) is 7.70. The molecular formula is C15H18ClFN2O3. The molecule has 2 fully saturated rings.